The van der Waals surface area contributed by atoms with E-state index in [4.69, 9.17) is 14.7 Å². The Morgan fingerprint density at radius 1 is 1.15 bits per heavy atom. The fourth-order valence-electron chi connectivity index (χ4n) is 3.79. The van der Waals surface area contributed by atoms with E-state index in [2.05, 4.69) is 0 Å². The molecule has 1 saturated heterocycles. The molecular formula is C22H24F3N3O4S. The number of benzene rings is 2. The van der Waals surface area contributed by atoms with Crippen molar-refractivity contribution in [1.29, 1.82) is 5.26 Å². The number of hydrogen-bond acceptors (Lipinski definition) is 6. The second-order valence-electron chi connectivity index (χ2n) is 7.41. The first-order valence-corrected chi connectivity index (χ1v) is 11.7. The highest BCUT2D eigenvalue weighted by Crippen LogP contribution is 2.35. The predicted octanol–water partition coefficient (Wildman–Crippen LogP) is 3.50. The van der Waals surface area contributed by atoms with Gasteiger partial charge in [0, 0.05) is 32.4 Å². The van der Waals surface area contributed by atoms with Crippen molar-refractivity contribution < 1.29 is 31.1 Å². The number of ether oxygens (including phenoxy) is 2. The lowest BCUT2D eigenvalue weighted by Crippen LogP contribution is -2.56. The van der Waals surface area contributed by atoms with E-state index in [1.807, 2.05) is 6.92 Å². The summed E-state index contributed by atoms with van der Waals surface area (Å²) in [5.41, 5.74) is -1.24. The molecule has 1 atom stereocenters. The van der Waals surface area contributed by atoms with Crippen molar-refractivity contribution in [2.45, 2.75) is 24.0 Å². The van der Waals surface area contributed by atoms with Crippen LogP contribution in [-0.2, 0) is 20.9 Å². The van der Waals surface area contributed by atoms with Crippen LogP contribution in [0.3, 0.4) is 0 Å². The molecule has 0 amide bonds. The molecule has 11 heteroatoms. The maximum atomic E-state index is 13.4. The van der Waals surface area contributed by atoms with E-state index < -0.39 is 33.4 Å². The molecule has 0 radical (unpaired) electrons. The van der Waals surface area contributed by atoms with Crippen molar-refractivity contribution in [2.24, 2.45) is 0 Å². The molecule has 2 aromatic rings. The SMILES string of the molecule is CCOc1ccc(S(=O)(=O)N2CCN(c3ccc(C#N)c(C(F)(F)F)c3)C(COC)C2)cc1. The highest BCUT2D eigenvalue weighted by atomic mass is 32.2. The molecule has 1 aliphatic heterocycles. The molecule has 33 heavy (non-hydrogen) atoms. The summed E-state index contributed by atoms with van der Waals surface area (Å²) in [6.07, 6.45) is -4.68. The fourth-order valence-corrected chi connectivity index (χ4v) is 5.26. The lowest BCUT2D eigenvalue weighted by atomic mass is 10.0. The van der Waals surface area contributed by atoms with Gasteiger partial charge in [-0.15, -0.1) is 0 Å². The maximum Gasteiger partial charge on any atom is 0.417 e. The molecule has 1 unspecified atom stereocenters. The Morgan fingerprint density at radius 3 is 2.42 bits per heavy atom. The van der Waals surface area contributed by atoms with Gasteiger partial charge in [0.2, 0.25) is 10.0 Å². The van der Waals surface area contributed by atoms with Gasteiger partial charge in [-0.2, -0.15) is 22.7 Å². The number of piperazine rings is 1. The van der Waals surface area contributed by atoms with E-state index in [1.165, 1.54) is 29.6 Å². The number of alkyl halides is 3. The Kier molecular flexibility index (Phi) is 7.51. The van der Waals surface area contributed by atoms with Crippen LogP contribution in [0.15, 0.2) is 47.4 Å². The quantitative estimate of drug-likeness (QED) is 0.600. The molecule has 178 valence electrons. The minimum Gasteiger partial charge on any atom is -0.494 e. The van der Waals surface area contributed by atoms with Crippen molar-refractivity contribution in [3.05, 3.63) is 53.6 Å². The summed E-state index contributed by atoms with van der Waals surface area (Å²) >= 11 is 0. The third-order valence-electron chi connectivity index (χ3n) is 5.34. The highest BCUT2D eigenvalue weighted by Gasteiger charge is 2.37. The number of nitriles is 1. The Bertz CT molecular complexity index is 1120. The average molecular weight is 484 g/mol. The minimum absolute atomic E-state index is 0.0325. The zero-order valence-electron chi connectivity index (χ0n) is 18.2. The van der Waals surface area contributed by atoms with Crippen molar-refractivity contribution in [3.8, 4) is 11.8 Å². The molecular weight excluding hydrogens is 459 g/mol. The van der Waals surface area contributed by atoms with Crippen LogP contribution in [0, 0.1) is 11.3 Å². The Morgan fingerprint density at radius 2 is 1.85 bits per heavy atom. The normalized spacial score (nSPS) is 17.6. The highest BCUT2D eigenvalue weighted by molar-refractivity contribution is 7.89. The van der Waals surface area contributed by atoms with E-state index in [0.29, 0.717) is 12.4 Å². The monoisotopic (exact) mass is 483 g/mol. The number of nitrogens with zero attached hydrogens (tertiary/aromatic N) is 3. The van der Waals surface area contributed by atoms with Gasteiger partial charge in [0.05, 0.1) is 41.3 Å². The van der Waals surface area contributed by atoms with E-state index in [-0.39, 0.29) is 36.8 Å². The largest absolute Gasteiger partial charge is 0.494 e. The van der Waals surface area contributed by atoms with Gasteiger partial charge in [0.25, 0.3) is 0 Å². The lowest BCUT2D eigenvalue weighted by Gasteiger charge is -2.42. The van der Waals surface area contributed by atoms with Crippen molar-refractivity contribution in [3.63, 3.8) is 0 Å². The van der Waals surface area contributed by atoms with Gasteiger partial charge in [-0.25, -0.2) is 8.42 Å². The van der Waals surface area contributed by atoms with E-state index >= 15 is 0 Å². The van der Waals surface area contributed by atoms with Gasteiger partial charge in [0.1, 0.15) is 5.75 Å². The number of sulfonamides is 1. The molecule has 0 saturated carbocycles. The zero-order chi connectivity index (χ0) is 24.2. The Labute approximate surface area is 191 Å². The molecule has 0 aliphatic carbocycles. The number of halogens is 3. The number of rotatable bonds is 7. The summed E-state index contributed by atoms with van der Waals surface area (Å²) in [4.78, 5) is 1.79. The van der Waals surface area contributed by atoms with Gasteiger partial charge in [-0.1, -0.05) is 0 Å². The van der Waals surface area contributed by atoms with E-state index in [0.717, 1.165) is 12.1 Å². The summed E-state index contributed by atoms with van der Waals surface area (Å²) in [5.74, 6) is 0.555. The summed E-state index contributed by atoms with van der Waals surface area (Å²) in [6, 6.07) is 10.6. The van der Waals surface area contributed by atoms with Crippen LogP contribution in [0.1, 0.15) is 18.1 Å². The maximum absolute atomic E-state index is 13.4. The van der Waals surface area contributed by atoms with Crippen LogP contribution >= 0.6 is 0 Å². The molecule has 0 spiro atoms. The summed E-state index contributed by atoms with van der Waals surface area (Å²) in [5, 5.41) is 9.03. The molecule has 3 rings (SSSR count). The second-order valence-corrected chi connectivity index (χ2v) is 9.35. The van der Waals surface area contributed by atoms with E-state index in [1.54, 1.807) is 23.1 Å². The fraction of sp³-hybridized carbons (Fsp3) is 0.409. The number of methoxy groups -OCH3 is 1. The molecule has 7 nitrogen and oxygen atoms in total. The predicted molar refractivity (Wildman–Crippen MR) is 116 cm³/mol. The minimum atomic E-state index is -4.68. The summed E-state index contributed by atoms with van der Waals surface area (Å²) in [6.45, 7) is 2.66. The molecule has 2 aromatic carbocycles. The van der Waals surface area contributed by atoms with Crippen LogP contribution in [0.5, 0.6) is 5.75 Å². The average Bonchev–Trinajstić information content (AvgIpc) is 2.79. The first kappa shape index (κ1) is 24.8. The van der Waals surface area contributed by atoms with Gasteiger partial charge in [-0.3, -0.25) is 0 Å². The molecule has 0 bridgehead atoms. The third-order valence-corrected chi connectivity index (χ3v) is 7.22. The van der Waals surface area contributed by atoms with Crippen molar-refractivity contribution in [2.75, 3.05) is 44.9 Å². The number of anilines is 1. The molecule has 0 N–H and O–H groups in total. The van der Waals surface area contributed by atoms with Gasteiger partial charge in [0.15, 0.2) is 0 Å². The molecule has 1 fully saturated rings. The second kappa shape index (κ2) is 9.99. The smallest absolute Gasteiger partial charge is 0.417 e. The lowest BCUT2D eigenvalue weighted by molar-refractivity contribution is -0.137. The van der Waals surface area contributed by atoms with Crippen molar-refractivity contribution >= 4 is 15.7 Å². The molecule has 1 aliphatic rings. The van der Waals surface area contributed by atoms with Crippen LogP contribution in [0.4, 0.5) is 18.9 Å². The van der Waals surface area contributed by atoms with Gasteiger partial charge < -0.3 is 14.4 Å². The van der Waals surface area contributed by atoms with Crippen LogP contribution in [0.25, 0.3) is 0 Å². The van der Waals surface area contributed by atoms with E-state index in [9.17, 15) is 21.6 Å². The first-order valence-electron chi connectivity index (χ1n) is 10.2. The topological polar surface area (TPSA) is 82.9 Å². The Balaban J connectivity index is 1.87. The summed E-state index contributed by atoms with van der Waals surface area (Å²) < 4.78 is 78.5. The zero-order valence-corrected chi connectivity index (χ0v) is 19.0. The van der Waals surface area contributed by atoms with Crippen LogP contribution in [0.2, 0.25) is 0 Å². The van der Waals surface area contributed by atoms with Crippen molar-refractivity contribution in [1.82, 2.24) is 4.31 Å². The first-order chi connectivity index (χ1) is 15.6. The van der Waals surface area contributed by atoms with Crippen LogP contribution in [-0.4, -0.2) is 58.7 Å². The van der Waals surface area contributed by atoms with Crippen LogP contribution < -0.4 is 9.64 Å². The third kappa shape index (κ3) is 5.40. The number of hydrogen-bond donors (Lipinski definition) is 0. The summed E-state index contributed by atoms with van der Waals surface area (Å²) in [7, 11) is -2.38. The molecule has 1 heterocycles. The Hall–Kier alpha value is -2.81. The van der Waals surface area contributed by atoms with Gasteiger partial charge >= 0.3 is 6.18 Å². The standard InChI is InChI=1S/C22H24F3N3O4S/c1-3-32-19-6-8-20(9-7-19)33(29,30)27-10-11-28(18(14-27)15-31-2)17-5-4-16(13-26)21(12-17)22(23,24)25/h4-9,12,18H,3,10-11,14-15H2,1-2H3. The van der Waals surface area contributed by atoms with Gasteiger partial charge in [-0.05, 0) is 49.4 Å². The molecule has 0 aromatic heterocycles.